The molecule has 0 saturated carbocycles. The highest BCUT2D eigenvalue weighted by atomic mass is 15.1. The van der Waals surface area contributed by atoms with Crippen LogP contribution in [0.25, 0.3) is 39.6 Å². The zero-order valence-corrected chi connectivity index (χ0v) is 25.1. The maximum absolute atomic E-state index is 2.36. The molecule has 1 aromatic heterocycles. The first-order chi connectivity index (χ1) is 21.8. The molecule has 44 heavy (non-hydrogen) atoms. The molecule has 7 aromatic rings. The standard InChI is InChI=1S/C42H36N2/c1-2-3-12-32-19-21-33(22-20-32)23-24-34-25-27-37(28-26-34)43(35-13-6-4-7-14-35)38-29-30-42-40(31-38)39-17-10-11-18-41(39)44(42)36-15-8-5-9-16-36/h4-11,13-31H,2-3,12H2,1H3. The number of hydrogen-bond donors (Lipinski definition) is 0. The summed E-state index contributed by atoms with van der Waals surface area (Å²) in [6.45, 7) is 2.24. The van der Waals surface area contributed by atoms with Crippen molar-refractivity contribution >= 4 is 51.0 Å². The van der Waals surface area contributed by atoms with Crippen molar-refractivity contribution in [2.45, 2.75) is 26.2 Å². The number of para-hydroxylation sites is 3. The molecule has 0 fully saturated rings. The fourth-order valence-electron chi connectivity index (χ4n) is 6.08. The van der Waals surface area contributed by atoms with E-state index in [1.165, 1.54) is 57.0 Å². The van der Waals surface area contributed by atoms with Crippen LogP contribution in [0.5, 0.6) is 0 Å². The summed E-state index contributed by atoms with van der Waals surface area (Å²) in [7, 11) is 0. The van der Waals surface area contributed by atoms with Gasteiger partial charge in [-0.2, -0.15) is 0 Å². The van der Waals surface area contributed by atoms with Crippen LogP contribution < -0.4 is 4.90 Å². The second-order valence-electron chi connectivity index (χ2n) is 11.3. The molecule has 2 heteroatoms. The molecule has 2 nitrogen and oxygen atoms in total. The Bertz CT molecular complexity index is 2020. The number of aromatic nitrogens is 1. The Morgan fingerprint density at radius 3 is 1.80 bits per heavy atom. The van der Waals surface area contributed by atoms with E-state index < -0.39 is 0 Å². The second kappa shape index (κ2) is 12.5. The average molecular weight is 569 g/mol. The maximum Gasteiger partial charge on any atom is 0.0542 e. The minimum absolute atomic E-state index is 1.12. The molecule has 0 atom stereocenters. The average Bonchev–Trinajstić information content (AvgIpc) is 3.42. The fourth-order valence-corrected chi connectivity index (χ4v) is 6.08. The molecular formula is C42H36N2. The normalized spacial score (nSPS) is 11.5. The monoisotopic (exact) mass is 568 g/mol. The minimum Gasteiger partial charge on any atom is -0.310 e. The van der Waals surface area contributed by atoms with Gasteiger partial charge in [0.2, 0.25) is 0 Å². The fraction of sp³-hybridized carbons (Fsp3) is 0.0952. The molecule has 0 N–H and O–H groups in total. The summed E-state index contributed by atoms with van der Waals surface area (Å²) in [5, 5.41) is 2.49. The van der Waals surface area contributed by atoms with Gasteiger partial charge in [-0.25, -0.2) is 0 Å². The zero-order valence-electron chi connectivity index (χ0n) is 25.1. The number of hydrogen-bond acceptors (Lipinski definition) is 1. The third-order valence-electron chi connectivity index (χ3n) is 8.36. The molecule has 0 amide bonds. The molecule has 0 radical (unpaired) electrons. The lowest BCUT2D eigenvalue weighted by atomic mass is 10.1. The molecule has 0 aliphatic rings. The van der Waals surface area contributed by atoms with Gasteiger partial charge in [0.05, 0.1) is 11.0 Å². The summed E-state index contributed by atoms with van der Waals surface area (Å²) in [6, 6.07) is 54.6. The SMILES string of the molecule is CCCCc1ccc(C=Cc2ccc(N(c3ccccc3)c3ccc4c(c3)c3ccccc3n4-c3ccccc3)cc2)cc1. The van der Waals surface area contributed by atoms with E-state index in [0.29, 0.717) is 0 Å². The van der Waals surface area contributed by atoms with Crippen molar-refractivity contribution in [3.05, 3.63) is 168 Å². The van der Waals surface area contributed by atoms with Crippen LogP contribution in [0.1, 0.15) is 36.5 Å². The van der Waals surface area contributed by atoms with E-state index in [1.54, 1.807) is 0 Å². The highest BCUT2D eigenvalue weighted by Crippen LogP contribution is 2.39. The van der Waals surface area contributed by atoms with Crippen molar-refractivity contribution in [3.8, 4) is 5.69 Å². The van der Waals surface area contributed by atoms with Crippen molar-refractivity contribution < 1.29 is 0 Å². The highest BCUT2D eigenvalue weighted by molar-refractivity contribution is 6.10. The number of unbranched alkanes of at least 4 members (excludes halogenated alkanes) is 1. The molecule has 0 bridgehead atoms. The van der Waals surface area contributed by atoms with Gasteiger partial charge in [-0.15, -0.1) is 0 Å². The van der Waals surface area contributed by atoms with E-state index in [0.717, 1.165) is 23.5 Å². The topological polar surface area (TPSA) is 8.17 Å². The first kappa shape index (κ1) is 27.5. The largest absolute Gasteiger partial charge is 0.310 e. The predicted octanol–water partition coefficient (Wildman–Crippen LogP) is 11.8. The van der Waals surface area contributed by atoms with Crippen molar-refractivity contribution in [2.75, 3.05) is 4.90 Å². The lowest BCUT2D eigenvalue weighted by Crippen LogP contribution is -2.09. The third-order valence-corrected chi connectivity index (χ3v) is 8.36. The molecule has 0 aliphatic carbocycles. The number of aryl methyl sites for hydroxylation is 1. The molecule has 1 heterocycles. The van der Waals surface area contributed by atoms with Crippen LogP contribution in [-0.2, 0) is 6.42 Å². The second-order valence-corrected chi connectivity index (χ2v) is 11.3. The van der Waals surface area contributed by atoms with Crippen LogP contribution in [-0.4, -0.2) is 4.57 Å². The van der Waals surface area contributed by atoms with Gasteiger partial charge in [0.1, 0.15) is 0 Å². The molecule has 7 rings (SSSR count). The van der Waals surface area contributed by atoms with Gasteiger partial charge in [-0.05, 0) is 90.2 Å². The Hall–Kier alpha value is -5.34. The maximum atomic E-state index is 2.36. The van der Waals surface area contributed by atoms with Crippen LogP contribution in [0.15, 0.2) is 152 Å². The Labute approximate surface area is 260 Å². The Morgan fingerprint density at radius 2 is 1.09 bits per heavy atom. The van der Waals surface area contributed by atoms with E-state index >= 15 is 0 Å². The quantitative estimate of drug-likeness (QED) is 0.157. The van der Waals surface area contributed by atoms with Gasteiger partial charge in [-0.3, -0.25) is 0 Å². The first-order valence-corrected chi connectivity index (χ1v) is 15.6. The predicted molar refractivity (Wildman–Crippen MR) is 189 cm³/mol. The van der Waals surface area contributed by atoms with Gasteiger partial charge in [0.15, 0.2) is 0 Å². The summed E-state index contributed by atoms with van der Waals surface area (Å²) < 4.78 is 2.36. The van der Waals surface area contributed by atoms with Crippen molar-refractivity contribution in [2.24, 2.45) is 0 Å². The van der Waals surface area contributed by atoms with Crippen molar-refractivity contribution in [3.63, 3.8) is 0 Å². The third kappa shape index (κ3) is 5.55. The van der Waals surface area contributed by atoms with Gasteiger partial charge in [0, 0.05) is 33.5 Å². The van der Waals surface area contributed by atoms with Gasteiger partial charge in [0.25, 0.3) is 0 Å². The van der Waals surface area contributed by atoms with E-state index in [2.05, 4.69) is 180 Å². The highest BCUT2D eigenvalue weighted by Gasteiger charge is 2.17. The number of benzene rings is 6. The Balaban J connectivity index is 1.25. The number of fused-ring (bicyclic) bond motifs is 3. The summed E-state index contributed by atoms with van der Waals surface area (Å²) in [5.74, 6) is 0. The van der Waals surface area contributed by atoms with Crippen molar-refractivity contribution in [1.29, 1.82) is 0 Å². The summed E-state index contributed by atoms with van der Waals surface area (Å²) in [6.07, 6.45) is 8.02. The summed E-state index contributed by atoms with van der Waals surface area (Å²) in [4.78, 5) is 2.34. The van der Waals surface area contributed by atoms with Crippen LogP contribution in [0, 0.1) is 0 Å². The van der Waals surface area contributed by atoms with Gasteiger partial charge < -0.3 is 9.47 Å². The smallest absolute Gasteiger partial charge is 0.0542 e. The minimum atomic E-state index is 1.12. The lowest BCUT2D eigenvalue weighted by Gasteiger charge is -2.25. The molecule has 0 aliphatic heterocycles. The van der Waals surface area contributed by atoms with E-state index in [1.807, 2.05) is 0 Å². The van der Waals surface area contributed by atoms with Crippen LogP contribution in [0.3, 0.4) is 0 Å². The van der Waals surface area contributed by atoms with Gasteiger partial charge >= 0.3 is 0 Å². The molecule has 0 spiro atoms. The molecule has 6 aromatic carbocycles. The van der Waals surface area contributed by atoms with E-state index in [-0.39, 0.29) is 0 Å². The summed E-state index contributed by atoms with van der Waals surface area (Å²) in [5.41, 5.74) is 10.8. The van der Waals surface area contributed by atoms with Crippen LogP contribution in [0.2, 0.25) is 0 Å². The van der Waals surface area contributed by atoms with Crippen LogP contribution >= 0.6 is 0 Å². The Kier molecular flexibility index (Phi) is 7.80. The van der Waals surface area contributed by atoms with E-state index in [9.17, 15) is 0 Å². The molecule has 0 unspecified atom stereocenters. The van der Waals surface area contributed by atoms with Crippen LogP contribution in [0.4, 0.5) is 17.1 Å². The summed E-state index contributed by atoms with van der Waals surface area (Å²) >= 11 is 0. The number of rotatable bonds is 9. The number of nitrogens with zero attached hydrogens (tertiary/aromatic N) is 2. The number of anilines is 3. The zero-order chi connectivity index (χ0) is 29.7. The molecule has 0 saturated heterocycles. The Morgan fingerprint density at radius 1 is 0.523 bits per heavy atom. The lowest BCUT2D eigenvalue weighted by molar-refractivity contribution is 0.795. The van der Waals surface area contributed by atoms with Gasteiger partial charge in [-0.1, -0.05) is 116 Å². The van der Waals surface area contributed by atoms with Crippen molar-refractivity contribution in [1.82, 2.24) is 4.57 Å². The van der Waals surface area contributed by atoms with E-state index in [4.69, 9.17) is 0 Å². The first-order valence-electron chi connectivity index (χ1n) is 15.6. The molecular weight excluding hydrogens is 532 g/mol. The molecule has 214 valence electrons.